The number of aldehydes is 1. The van der Waals surface area contributed by atoms with Crippen molar-refractivity contribution < 1.29 is 9.18 Å². The Morgan fingerprint density at radius 2 is 1.92 bits per heavy atom. The second-order valence-electron chi connectivity index (χ2n) is 6.78. The van der Waals surface area contributed by atoms with E-state index in [1.807, 2.05) is 12.1 Å². The Morgan fingerprint density at radius 1 is 1.12 bits per heavy atom. The summed E-state index contributed by atoms with van der Waals surface area (Å²) in [5.74, 6) is -0.491. The number of carbonyl (C=O) groups excluding carboxylic acids is 1. The van der Waals surface area contributed by atoms with E-state index in [1.165, 1.54) is 6.07 Å². The Balaban J connectivity index is 1.84. The second kappa shape index (κ2) is 8.22. The molecule has 26 heavy (non-hydrogen) atoms. The minimum Gasteiger partial charge on any atom is -0.305 e. The van der Waals surface area contributed by atoms with Gasteiger partial charge in [-0.1, -0.05) is 24.3 Å². The normalized spacial score (nSPS) is 16.0. The van der Waals surface area contributed by atoms with Crippen LogP contribution < -0.4 is 0 Å². The largest absolute Gasteiger partial charge is 0.305 e. The highest BCUT2D eigenvalue weighted by atomic mass is 19.1. The number of nitrogens with zero attached hydrogens (tertiary/aromatic N) is 3. The highest BCUT2D eigenvalue weighted by Gasteiger charge is 2.15. The lowest BCUT2D eigenvalue weighted by atomic mass is 9.96. The standard InChI is InChI=1S/C21H22FN3O/c1-24-7-2-8-25(10-9-24)14-16-3-5-19(18(11-16)13-23)20-6-4-17(15-26)12-21(20)22/h3-6,11-12,15H,2,7-10,14H2,1H3. The zero-order valence-corrected chi connectivity index (χ0v) is 14.9. The predicted octanol–water partition coefficient (Wildman–Crippen LogP) is 3.31. The van der Waals surface area contributed by atoms with Crippen LogP contribution in [0.3, 0.4) is 0 Å². The monoisotopic (exact) mass is 351 g/mol. The Labute approximate surface area is 153 Å². The zero-order chi connectivity index (χ0) is 18.5. The molecule has 1 heterocycles. The van der Waals surface area contributed by atoms with Crippen LogP contribution in [0.1, 0.15) is 27.9 Å². The number of likely N-dealkylation sites (N-methyl/N-ethyl adjacent to an activating group) is 1. The summed E-state index contributed by atoms with van der Waals surface area (Å²) in [5.41, 5.74) is 2.69. The average Bonchev–Trinajstić information content (AvgIpc) is 2.86. The van der Waals surface area contributed by atoms with Gasteiger partial charge in [-0.15, -0.1) is 0 Å². The maximum absolute atomic E-state index is 14.3. The van der Waals surface area contributed by atoms with Crippen molar-refractivity contribution in [2.45, 2.75) is 13.0 Å². The first-order valence-electron chi connectivity index (χ1n) is 8.79. The van der Waals surface area contributed by atoms with Crippen LogP contribution >= 0.6 is 0 Å². The van der Waals surface area contributed by atoms with Gasteiger partial charge in [-0.05, 0) is 44.3 Å². The summed E-state index contributed by atoms with van der Waals surface area (Å²) in [5, 5.41) is 9.53. The molecule has 0 bridgehead atoms. The van der Waals surface area contributed by atoms with Crippen molar-refractivity contribution >= 4 is 6.29 Å². The lowest BCUT2D eigenvalue weighted by molar-refractivity contribution is 0.112. The predicted molar refractivity (Wildman–Crippen MR) is 99.3 cm³/mol. The van der Waals surface area contributed by atoms with Gasteiger partial charge in [-0.25, -0.2) is 4.39 Å². The Hall–Kier alpha value is -2.55. The third-order valence-electron chi connectivity index (χ3n) is 4.84. The highest BCUT2D eigenvalue weighted by molar-refractivity contribution is 5.78. The summed E-state index contributed by atoms with van der Waals surface area (Å²) in [6, 6.07) is 12.1. The van der Waals surface area contributed by atoms with E-state index in [4.69, 9.17) is 0 Å². The van der Waals surface area contributed by atoms with Crippen LogP contribution in [0.4, 0.5) is 4.39 Å². The van der Waals surface area contributed by atoms with E-state index in [0.717, 1.165) is 44.7 Å². The maximum Gasteiger partial charge on any atom is 0.150 e. The Bertz CT molecular complexity index is 844. The van der Waals surface area contributed by atoms with Crippen LogP contribution in [0.2, 0.25) is 0 Å². The second-order valence-corrected chi connectivity index (χ2v) is 6.78. The minimum absolute atomic E-state index is 0.285. The zero-order valence-electron chi connectivity index (χ0n) is 14.9. The van der Waals surface area contributed by atoms with Gasteiger partial charge in [-0.3, -0.25) is 9.69 Å². The van der Waals surface area contributed by atoms with Crippen molar-refractivity contribution in [3.05, 3.63) is 58.9 Å². The van der Waals surface area contributed by atoms with Crippen LogP contribution in [0.25, 0.3) is 11.1 Å². The van der Waals surface area contributed by atoms with Crippen molar-refractivity contribution in [1.82, 2.24) is 9.80 Å². The molecule has 4 nitrogen and oxygen atoms in total. The third-order valence-corrected chi connectivity index (χ3v) is 4.84. The topological polar surface area (TPSA) is 47.3 Å². The fourth-order valence-corrected chi connectivity index (χ4v) is 3.36. The fourth-order valence-electron chi connectivity index (χ4n) is 3.36. The van der Waals surface area contributed by atoms with Crippen molar-refractivity contribution in [1.29, 1.82) is 5.26 Å². The van der Waals surface area contributed by atoms with Crippen LogP contribution in [-0.4, -0.2) is 49.3 Å². The Morgan fingerprint density at radius 3 is 2.65 bits per heavy atom. The van der Waals surface area contributed by atoms with Gasteiger partial charge in [0.1, 0.15) is 12.1 Å². The minimum atomic E-state index is -0.491. The van der Waals surface area contributed by atoms with Gasteiger partial charge in [0.25, 0.3) is 0 Å². The molecular weight excluding hydrogens is 329 g/mol. The molecule has 0 saturated carbocycles. The van der Waals surface area contributed by atoms with Crippen LogP contribution in [0, 0.1) is 17.1 Å². The number of benzene rings is 2. The number of nitriles is 1. The van der Waals surface area contributed by atoms with Crippen LogP contribution in [-0.2, 0) is 6.54 Å². The first kappa shape index (κ1) is 18.2. The van der Waals surface area contributed by atoms with Gasteiger partial charge in [-0.2, -0.15) is 5.26 Å². The molecule has 0 spiro atoms. The molecule has 0 unspecified atom stereocenters. The number of carbonyl (C=O) groups is 1. The van der Waals surface area contributed by atoms with Crippen molar-refractivity contribution in [3.63, 3.8) is 0 Å². The van der Waals surface area contributed by atoms with E-state index in [-0.39, 0.29) is 5.56 Å². The van der Waals surface area contributed by atoms with E-state index in [9.17, 15) is 14.4 Å². The summed E-state index contributed by atoms with van der Waals surface area (Å²) >= 11 is 0. The quantitative estimate of drug-likeness (QED) is 0.793. The third kappa shape index (κ3) is 4.16. The molecule has 0 aromatic heterocycles. The molecule has 1 fully saturated rings. The molecule has 0 atom stereocenters. The molecule has 0 radical (unpaired) electrons. The summed E-state index contributed by atoms with van der Waals surface area (Å²) in [6.45, 7) is 4.97. The fraction of sp³-hybridized carbons (Fsp3) is 0.333. The smallest absolute Gasteiger partial charge is 0.150 e. The molecule has 0 aliphatic carbocycles. The molecule has 2 aromatic carbocycles. The van der Waals surface area contributed by atoms with E-state index in [0.29, 0.717) is 23.0 Å². The lowest BCUT2D eigenvalue weighted by Crippen LogP contribution is -2.28. The van der Waals surface area contributed by atoms with Gasteiger partial charge >= 0.3 is 0 Å². The highest BCUT2D eigenvalue weighted by Crippen LogP contribution is 2.28. The summed E-state index contributed by atoms with van der Waals surface area (Å²) in [7, 11) is 2.14. The molecule has 1 aliphatic rings. The number of halogens is 1. The SMILES string of the molecule is CN1CCCN(Cc2ccc(-c3ccc(C=O)cc3F)c(C#N)c2)CC1. The van der Waals surface area contributed by atoms with Gasteiger partial charge in [0.05, 0.1) is 11.6 Å². The van der Waals surface area contributed by atoms with E-state index in [2.05, 4.69) is 22.9 Å². The molecule has 1 aliphatic heterocycles. The number of hydrogen-bond acceptors (Lipinski definition) is 4. The average molecular weight is 351 g/mol. The summed E-state index contributed by atoms with van der Waals surface area (Å²) in [6.07, 6.45) is 1.74. The van der Waals surface area contributed by atoms with Gasteiger partial charge < -0.3 is 4.90 Å². The molecule has 2 aromatic rings. The molecule has 134 valence electrons. The van der Waals surface area contributed by atoms with E-state index >= 15 is 0 Å². The van der Waals surface area contributed by atoms with Gasteiger partial charge in [0.2, 0.25) is 0 Å². The number of rotatable bonds is 4. The van der Waals surface area contributed by atoms with Crippen molar-refractivity contribution in [2.75, 3.05) is 33.2 Å². The maximum atomic E-state index is 14.3. The molecule has 0 amide bonds. The molecule has 1 saturated heterocycles. The number of hydrogen-bond donors (Lipinski definition) is 0. The van der Waals surface area contributed by atoms with Crippen LogP contribution in [0.5, 0.6) is 0 Å². The van der Waals surface area contributed by atoms with Crippen LogP contribution in [0.15, 0.2) is 36.4 Å². The summed E-state index contributed by atoms with van der Waals surface area (Å²) < 4.78 is 14.3. The lowest BCUT2D eigenvalue weighted by Gasteiger charge is -2.20. The first-order chi connectivity index (χ1) is 12.6. The van der Waals surface area contributed by atoms with E-state index < -0.39 is 5.82 Å². The van der Waals surface area contributed by atoms with Gasteiger partial charge in [0.15, 0.2) is 0 Å². The van der Waals surface area contributed by atoms with E-state index in [1.54, 1.807) is 18.2 Å². The van der Waals surface area contributed by atoms with Crippen molar-refractivity contribution in [2.24, 2.45) is 0 Å². The summed E-state index contributed by atoms with van der Waals surface area (Å²) in [4.78, 5) is 15.5. The van der Waals surface area contributed by atoms with Gasteiger partial charge in [0, 0.05) is 36.3 Å². The molecule has 3 rings (SSSR count). The first-order valence-corrected chi connectivity index (χ1v) is 8.79. The van der Waals surface area contributed by atoms with Crippen molar-refractivity contribution in [3.8, 4) is 17.2 Å². The molecular formula is C21H22FN3O. The Kier molecular flexibility index (Phi) is 5.77. The molecule has 0 N–H and O–H groups in total. The molecule has 5 heteroatoms.